The summed E-state index contributed by atoms with van der Waals surface area (Å²) in [5, 5.41) is 3.24. The largest absolute Gasteiger partial charge is 0.497 e. The number of carbonyl (C=O) groups is 1. The van der Waals surface area contributed by atoms with Gasteiger partial charge in [0.25, 0.3) is 0 Å². The molecule has 1 unspecified atom stereocenters. The minimum absolute atomic E-state index is 0.0478. The van der Waals surface area contributed by atoms with Gasteiger partial charge in [-0.1, -0.05) is 25.1 Å². The average Bonchev–Trinajstić information content (AvgIpc) is 2.58. The second-order valence-electron chi connectivity index (χ2n) is 5.50. The first-order chi connectivity index (χ1) is 11.1. The van der Waals surface area contributed by atoms with Crippen LogP contribution in [0.25, 0.3) is 0 Å². The number of halogens is 1. The molecule has 23 heavy (non-hydrogen) atoms. The fraction of sp³-hybridized carbons (Fsp3) is 0.278. The maximum absolute atomic E-state index is 14.0. The minimum Gasteiger partial charge on any atom is -0.497 e. The summed E-state index contributed by atoms with van der Waals surface area (Å²) in [6.45, 7) is 2.16. The number of nitrogens with zero attached hydrogens (tertiary/aromatic N) is 1. The van der Waals surface area contributed by atoms with Gasteiger partial charge in [-0.3, -0.25) is 4.79 Å². The Hall–Kier alpha value is -2.56. The van der Waals surface area contributed by atoms with E-state index in [4.69, 9.17) is 4.74 Å². The summed E-state index contributed by atoms with van der Waals surface area (Å²) in [5.74, 6) is 0.363. The van der Waals surface area contributed by atoms with Gasteiger partial charge in [0.05, 0.1) is 25.0 Å². The summed E-state index contributed by atoms with van der Waals surface area (Å²) in [4.78, 5) is 14.3. The van der Waals surface area contributed by atoms with Crippen molar-refractivity contribution in [1.82, 2.24) is 0 Å². The Balaban J connectivity index is 2.01. The fourth-order valence-corrected chi connectivity index (χ4v) is 2.79. The number of methoxy groups -OCH3 is 1. The van der Waals surface area contributed by atoms with Crippen LogP contribution < -0.4 is 15.0 Å². The van der Waals surface area contributed by atoms with E-state index in [-0.39, 0.29) is 24.3 Å². The molecular formula is C18H19FN2O2. The highest BCUT2D eigenvalue weighted by Crippen LogP contribution is 2.36. The third-order valence-corrected chi connectivity index (χ3v) is 4.08. The zero-order chi connectivity index (χ0) is 16.4. The highest BCUT2D eigenvalue weighted by atomic mass is 19.1. The van der Waals surface area contributed by atoms with E-state index in [1.54, 1.807) is 36.3 Å². The number of nitrogens with one attached hydrogen (secondary N) is 1. The molecular weight excluding hydrogens is 295 g/mol. The van der Waals surface area contributed by atoms with E-state index in [1.165, 1.54) is 6.07 Å². The highest BCUT2D eigenvalue weighted by Gasteiger charge is 2.32. The molecule has 2 aromatic carbocycles. The number of hydrogen-bond donors (Lipinski definition) is 1. The van der Waals surface area contributed by atoms with Crippen LogP contribution in [-0.2, 0) is 11.3 Å². The number of ether oxygens (including phenoxy) is 1. The van der Waals surface area contributed by atoms with Gasteiger partial charge in [-0.05, 0) is 24.6 Å². The smallest absolute Gasteiger partial charge is 0.249 e. The van der Waals surface area contributed by atoms with Gasteiger partial charge in [0.2, 0.25) is 5.91 Å². The van der Waals surface area contributed by atoms with Crippen molar-refractivity contribution < 1.29 is 13.9 Å². The van der Waals surface area contributed by atoms with E-state index in [2.05, 4.69) is 5.32 Å². The lowest BCUT2D eigenvalue weighted by Gasteiger charge is -2.35. The van der Waals surface area contributed by atoms with Gasteiger partial charge in [-0.2, -0.15) is 0 Å². The average molecular weight is 314 g/mol. The summed E-state index contributed by atoms with van der Waals surface area (Å²) < 4.78 is 19.2. The van der Waals surface area contributed by atoms with Crippen LogP contribution in [0.5, 0.6) is 5.75 Å². The quantitative estimate of drug-likeness (QED) is 0.938. The first-order valence-corrected chi connectivity index (χ1v) is 7.63. The van der Waals surface area contributed by atoms with Crippen LogP contribution in [-0.4, -0.2) is 19.1 Å². The van der Waals surface area contributed by atoms with Crippen LogP contribution in [0.15, 0.2) is 42.5 Å². The summed E-state index contributed by atoms with van der Waals surface area (Å²) in [7, 11) is 1.60. The lowest BCUT2D eigenvalue weighted by Crippen LogP contribution is -2.46. The molecule has 0 saturated heterocycles. The Labute approximate surface area is 134 Å². The number of amides is 1. The van der Waals surface area contributed by atoms with E-state index in [1.807, 2.05) is 19.1 Å². The maximum atomic E-state index is 14.0. The lowest BCUT2D eigenvalue weighted by molar-refractivity contribution is -0.119. The topological polar surface area (TPSA) is 41.6 Å². The molecule has 0 fully saturated rings. The number of fused-ring (bicyclic) bond motifs is 1. The molecule has 4 nitrogen and oxygen atoms in total. The number of anilines is 2. The van der Waals surface area contributed by atoms with Gasteiger partial charge in [0.15, 0.2) is 0 Å². The normalized spacial score (nSPS) is 16.7. The molecule has 0 aliphatic carbocycles. The van der Waals surface area contributed by atoms with Crippen molar-refractivity contribution in [3.05, 3.63) is 53.8 Å². The van der Waals surface area contributed by atoms with E-state index < -0.39 is 0 Å². The maximum Gasteiger partial charge on any atom is 0.249 e. The number of rotatable bonds is 4. The molecule has 0 radical (unpaired) electrons. The second kappa shape index (κ2) is 6.28. The van der Waals surface area contributed by atoms with Crippen LogP contribution in [0, 0.1) is 5.82 Å². The van der Waals surface area contributed by atoms with Crippen molar-refractivity contribution in [3.63, 3.8) is 0 Å². The molecule has 0 aromatic heterocycles. The summed E-state index contributed by atoms with van der Waals surface area (Å²) in [6.07, 6.45) is 0.656. The molecule has 3 rings (SSSR count). The molecule has 1 aliphatic rings. The van der Waals surface area contributed by atoms with Crippen molar-refractivity contribution in [1.29, 1.82) is 0 Å². The SMILES string of the molecule is CCC1Nc2cc(OC)ccc2N(Cc2ccccc2F)C1=O. The van der Waals surface area contributed by atoms with Crippen molar-refractivity contribution in [3.8, 4) is 5.75 Å². The Kier molecular flexibility index (Phi) is 4.19. The summed E-state index contributed by atoms with van der Waals surface area (Å²) in [6, 6.07) is 11.7. The van der Waals surface area contributed by atoms with Gasteiger partial charge in [0.1, 0.15) is 17.6 Å². The Bertz CT molecular complexity index is 733. The van der Waals surface area contributed by atoms with Crippen molar-refractivity contribution in [2.45, 2.75) is 25.9 Å². The van der Waals surface area contributed by atoms with Gasteiger partial charge in [-0.25, -0.2) is 4.39 Å². The Morgan fingerprint density at radius 1 is 1.26 bits per heavy atom. The molecule has 2 aromatic rings. The predicted molar refractivity (Wildman–Crippen MR) is 88.3 cm³/mol. The Morgan fingerprint density at radius 2 is 2.04 bits per heavy atom. The molecule has 1 amide bonds. The standard InChI is InChI=1S/C18H19FN2O2/c1-3-15-18(22)21(11-12-6-4-5-7-14(12)19)17-9-8-13(23-2)10-16(17)20-15/h4-10,15,20H,3,11H2,1-2H3. The van der Waals surface area contributed by atoms with Crippen LogP contribution in [0.3, 0.4) is 0 Å². The molecule has 0 bridgehead atoms. The van der Waals surface area contributed by atoms with Gasteiger partial charge in [0, 0.05) is 11.6 Å². The highest BCUT2D eigenvalue weighted by molar-refractivity contribution is 6.05. The minimum atomic E-state index is -0.318. The third kappa shape index (κ3) is 2.86. The Morgan fingerprint density at radius 3 is 2.74 bits per heavy atom. The van der Waals surface area contributed by atoms with E-state index >= 15 is 0 Å². The van der Waals surface area contributed by atoms with E-state index in [9.17, 15) is 9.18 Å². The molecule has 0 spiro atoms. The first-order valence-electron chi connectivity index (χ1n) is 7.63. The van der Waals surface area contributed by atoms with E-state index in [0.29, 0.717) is 17.7 Å². The van der Waals surface area contributed by atoms with Gasteiger partial charge >= 0.3 is 0 Å². The fourth-order valence-electron chi connectivity index (χ4n) is 2.79. The van der Waals surface area contributed by atoms with Crippen LogP contribution >= 0.6 is 0 Å². The van der Waals surface area contributed by atoms with E-state index in [0.717, 1.165) is 11.4 Å². The monoisotopic (exact) mass is 314 g/mol. The van der Waals surface area contributed by atoms with Crippen LogP contribution in [0.2, 0.25) is 0 Å². The first kappa shape index (κ1) is 15.3. The molecule has 1 atom stereocenters. The number of hydrogen-bond acceptors (Lipinski definition) is 3. The van der Waals surface area contributed by atoms with Gasteiger partial charge < -0.3 is 15.0 Å². The third-order valence-electron chi connectivity index (χ3n) is 4.08. The molecule has 1 aliphatic heterocycles. The number of benzene rings is 2. The molecule has 0 saturated carbocycles. The van der Waals surface area contributed by atoms with Crippen molar-refractivity contribution >= 4 is 17.3 Å². The predicted octanol–water partition coefficient (Wildman–Crippen LogP) is 3.57. The second-order valence-corrected chi connectivity index (χ2v) is 5.50. The molecule has 1 heterocycles. The summed E-state index contributed by atoms with van der Waals surface area (Å²) in [5.41, 5.74) is 2.07. The molecule has 1 N–H and O–H groups in total. The van der Waals surface area contributed by atoms with Crippen LogP contribution in [0.4, 0.5) is 15.8 Å². The zero-order valence-electron chi connectivity index (χ0n) is 13.2. The summed E-state index contributed by atoms with van der Waals surface area (Å²) >= 11 is 0. The van der Waals surface area contributed by atoms with Gasteiger partial charge in [-0.15, -0.1) is 0 Å². The van der Waals surface area contributed by atoms with Crippen molar-refractivity contribution in [2.75, 3.05) is 17.3 Å². The zero-order valence-corrected chi connectivity index (χ0v) is 13.2. The van der Waals surface area contributed by atoms with Crippen molar-refractivity contribution in [2.24, 2.45) is 0 Å². The lowest BCUT2D eigenvalue weighted by atomic mass is 10.1. The molecule has 5 heteroatoms. The van der Waals surface area contributed by atoms with Crippen LogP contribution in [0.1, 0.15) is 18.9 Å². The molecule has 120 valence electrons. The number of carbonyl (C=O) groups excluding carboxylic acids is 1.